The van der Waals surface area contributed by atoms with E-state index in [2.05, 4.69) is 208 Å². The number of nitrogens with one attached hydrogen (secondary N) is 2. The molecule has 0 saturated carbocycles. The van der Waals surface area contributed by atoms with E-state index in [-0.39, 0.29) is 12.2 Å². The minimum atomic E-state index is -0.139. The molecular formula is C52H36N4O. The number of fused-ring (bicyclic) bond motifs is 10. The zero-order chi connectivity index (χ0) is 37.5. The largest absolute Gasteiger partial charge is 0.456 e. The van der Waals surface area contributed by atoms with Crippen molar-refractivity contribution >= 4 is 71.2 Å². The van der Waals surface area contributed by atoms with Crippen LogP contribution in [0.1, 0.15) is 28.9 Å². The lowest BCUT2D eigenvalue weighted by Crippen LogP contribution is -2.39. The minimum absolute atomic E-state index is 0.0281. The number of para-hydroxylation sites is 3. The molecule has 270 valence electrons. The molecule has 11 aromatic rings. The highest BCUT2D eigenvalue weighted by Crippen LogP contribution is 2.44. The van der Waals surface area contributed by atoms with Crippen LogP contribution in [0, 0.1) is 0 Å². The molecule has 5 nitrogen and oxygen atoms in total. The summed E-state index contributed by atoms with van der Waals surface area (Å²) in [5, 5.41) is 14.9. The van der Waals surface area contributed by atoms with Gasteiger partial charge in [0.25, 0.3) is 0 Å². The third-order valence-electron chi connectivity index (χ3n) is 11.8. The van der Waals surface area contributed by atoms with Crippen LogP contribution in [0.2, 0.25) is 0 Å². The molecule has 0 bridgehead atoms. The molecule has 0 radical (unpaired) electrons. The van der Waals surface area contributed by atoms with Gasteiger partial charge in [-0.2, -0.15) is 0 Å². The summed E-state index contributed by atoms with van der Waals surface area (Å²) in [4.78, 5) is 0. The minimum Gasteiger partial charge on any atom is -0.456 e. The Balaban J connectivity index is 1.12. The topological polar surface area (TPSA) is 47.1 Å². The Morgan fingerprint density at radius 2 is 1.09 bits per heavy atom. The Bertz CT molecular complexity index is 3360. The highest BCUT2D eigenvalue weighted by Gasteiger charge is 2.26. The maximum absolute atomic E-state index is 6.50. The van der Waals surface area contributed by atoms with Gasteiger partial charge in [0.2, 0.25) is 0 Å². The first kappa shape index (κ1) is 32.0. The van der Waals surface area contributed by atoms with Gasteiger partial charge >= 0.3 is 0 Å². The molecular weight excluding hydrogens is 697 g/mol. The van der Waals surface area contributed by atoms with Gasteiger partial charge in [0.05, 0.1) is 28.1 Å². The molecule has 5 heteroatoms. The fourth-order valence-corrected chi connectivity index (χ4v) is 9.23. The lowest BCUT2D eigenvalue weighted by atomic mass is 9.98. The third-order valence-corrected chi connectivity index (χ3v) is 11.8. The Morgan fingerprint density at radius 1 is 0.421 bits per heavy atom. The van der Waals surface area contributed by atoms with Gasteiger partial charge in [-0.15, -0.1) is 0 Å². The summed E-state index contributed by atoms with van der Waals surface area (Å²) in [6.07, 6.45) is 2.16. The van der Waals surface area contributed by atoms with E-state index in [1.807, 2.05) is 6.07 Å². The quantitative estimate of drug-likeness (QED) is 0.185. The first-order chi connectivity index (χ1) is 28.3. The molecule has 8 aromatic carbocycles. The monoisotopic (exact) mass is 732 g/mol. The molecule has 0 aliphatic carbocycles. The predicted octanol–water partition coefficient (Wildman–Crippen LogP) is 12.8. The molecule has 0 saturated heterocycles. The molecule has 1 aliphatic heterocycles. The zero-order valence-corrected chi connectivity index (χ0v) is 30.9. The molecule has 0 fully saturated rings. The Kier molecular flexibility index (Phi) is 7.06. The van der Waals surface area contributed by atoms with Crippen molar-refractivity contribution in [3.8, 4) is 11.4 Å². The molecule has 3 aromatic heterocycles. The van der Waals surface area contributed by atoms with Crippen LogP contribution in [-0.4, -0.2) is 9.13 Å². The highest BCUT2D eigenvalue weighted by molar-refractivity contribution is 6.29. The van der Waals surface area contributed by atoms with Crippen molar-refractivity contribution < 1.29 is 4.42 Å². The van der Waals surface area contributed by atoms with E-state index < -0.39 is 0 Å². The summed E-state index contributed by atoms with van der Waals surface area (Å²) in [7, 11) is 0. The van der Waals surface area contributed by atoms with E-state index in [0.29, 0.717) is 0 Å². The number of benzene rings is 8. The van der Waals surface area contributed by atoms with Gasteiger partial charge in [0.1, 0.15) is 17.3 Å². The summed E-state index contributed by atoms with van der Waals surface area (Å²) in [5.74, 6) is 0. The molecule has 1 aliphatic rings. The van der Waals surface area contributed by atoms with Crippen LogP contribution in [0.25, 0.3) is 82.6 Å². The second-order valence-corrected chi connectivity index (χ2v) is 15.0. The van der Waals surface area contributed by atoms with Crippen LogP contribution < -0.4 is 10.6 Å². The summed E-state index contributed by atoms with van der Waals surface area (Å²) in [6, 6.07) is 67.4. The van der Waals surface area contributed by atoms with Gasteiger partial charge < -0.3 is 18.9 Å². The third kappa shape index (κ3) is 4.99. The van der Waals surface area contributed by atoms with E-state index in [4.69, 9.17) is 4.42 Å². The summed E-state index contributed by atoms with van der Waals surface area (Å²) >= 11 is 0. The molecule has 4 heterocycles. The smallest absolute Gasteiger partial charge is 0.136 e. The van der Waals surface area contributed by atoms with Gasteiger partial charge in [-0.3, -0.25) is 5.32 Å². The van der Waals surface area contributed by atoms with Crippen molar-refractivity contribution in [2.45, 2.75) is 12.2 Å². The second kappa shape index (κ2) is 12.6. The van der Waals surface area contributed by atoms with Crippen LogP contribution in [0.4, 0.5) is 0 Å². The number of hydrogen-bond acceptors (Lipinski definition) is 3. The van der Waals surface area contributed by atoms with E-state index in [9.17, 15) is 0 Å². The van der Waals surface area contributed by atoms with E-state index >= 15 is 0 Å². The number of aromatic nitrogens is 2. The Labute approximate surface area is 328 Å². The lowest BCUT2D eigenvalue weighted by Gasteiger charge is -2.33. The zero-order valence-electron chi connectivity index (χ0n) is 30.9. The average molecular weight is 733 g/mol. The summed E-state index contributed by atoms with van der Waals surface area (Å²) in [6.45, 7) is 0. The number of rotatable bonds is 5. The molecule has 0 amide bonds. The van der Waals surface area contributed by atoms with Gasteiger partial charge in [0, 0.05) is 49.4 Å². The molecule has 12 rings (SSSR count). The van der Waals surface area contributed by atoms with Crippen molar-refractivity contribution in [2.24, 2.45) is 0 Å². The Morgan fingerprint density at radius 3 is 1.93 bits per heavy atom. The summed E-state index contributed by atoms with van der Waals surface area (Å²) in [5.41, 5.74) is 13.3. The van der Waals surface area contributed by atoms with Gasteiger partial charge in [-0.05, 0) is 83.4 Å². The van der Waals surface area contributed by atoms with Gasteiger partial charge in [0.15, 0.2) is 0 Å². The van der Waals surface area contributed by atoms with Crippen molar-refractivity contribution in [1.82, 2.24) is 19.8 Å². The fraction of sp³-hybridized carbons (Fsp3) is 0.0385. The number of nitrogens with zero attached hydrogens (tertiary/aromatic N) is 2. The molecule has 0 spiro atoms. The second-order valence-electron chi connectivity index (χ2n) is 15.0. The Hall–Kier alpha value is -7.34. The number of furan rings is 1. The van der Waals surface area contributed by atoms with Crippen LogP contribution in [-0.2, 0) is 0 Å². The van der Waals surface area contributed by atoms with E-state index in [1.165, 1.54) is 38.1 Å². The van der Waals surface area contributed by atoms with Crippen LogP contribution in [0.15, 0.2) is 199 Å². The van der Waals surface area contributed by atoms with Gasteiger partial charge in [-0.1, -0.05) is 127 Å². The van der Waals surface area contributed by atoms with E-state index in [1.54, 1.807) is 0 Å². The van der Waals surface area contributed by atoms with Crippen LogP contribution in [0.5, 0.6) is 0 Å². The maximum Gasteiger partial charge on any atom is 0.136 e. The predicted molar refractivity (Wildman–Crippen MR) is 235 cm³/mol. The molecule has 2 unspecified atom stereocenters. The highest BCUT2D eigenvalue weighted by atomic mass is 16.3. The maximum atomic E-state index is 6.50. The molecule has 2 atom stereocenters. The van der Waals surface area contributed by atoms with Crippen molar-refractivity contribution in [2.75, 3.05) is 0 Å². The lowest BCUT2D eigenvalue weighted by molar-refractivity contribution is 0.442. The average Bonchev–Trinajstić information content (AvgIpc) is 3.93. The summed E-state index contributed by atoms with van der Waals surface area (Å²) < 4.78 is 11.4. The van der Waals surface area contributed by atoms with E-state index in [0.717, 1.165) is 61.2 Å². The van der Waals surface area contributed by atoms with Crippen molar-refractivity contribution in [3.63, 3.8) is 0 Å². The first-order valence-corrected chi connectivity index (χ1v) is 19.6. The van der Waals surface area contributed by atoms with Crippen molar-refractivity contribution in [1.29, 1.82) is 0 Å². The fourth-order valence-electron chi connectivity index (χ4n) is 9.23. The first-order valence-electron chi connectivity index (χ1n) is 19.6. The molecule has 57 heavy (non-hydrogen) atoms. The SMILES string of the molecule is C1=C(c2ccccc2)NC(c2cccc(-n3c4cc5c(cc4c4c6c(ccc43)oc3ccccc36)c3ccccc3n5-c3ccccc3)c2)NC1c1ccccc1. The standard InChI is InChI=1S/C52H36N4O/c1-4-15-33(16-5-1)42-31-43(34-17-6-2-7-18-34)54-52(53-42)35-19-14-22-37(29-35)56-45-27-28-49-51(39-24-11-13-26-48(39)57-49)50(45)41-30-40-38-23-10-12-25-44(38)55(46(40)32-47(41)56)36-20-8-3-9-21-36/h1-32,42,52-54H. The van der Waals surface area contributed by atoms with Crippen LogP contribution >= 0.6 is 0 Å². The number of hydrogen-bond donors (Lipinski definition) is 2. The molecule has 2 N–H and O–H groups in total. The normalized spacial score (nSPS) is 15.9. The van der Waals surface area contributed by atoms with Crippen molar-refractivity contribution in [3.05, 3.63) is 211 Å². The van der Waals surface area contributed by atoms with Crippen LogP contribution in [0.3, 0.4) is 0 Å². The van der Waals surface area contributed by atoms with Gasteiger partial charge in [-0.25, -0.2) is 0 Å².